The third-order valence-corrected chi connectivity index (χ3v) is 5.09. The molecule has 2 aromatic rings. The number of thiophene rings is 1. The summed E-state index contributed by atoms with van der Waals surface area (Å²) in [5, 5.41) is 2.10. The topological polar surface area (TPSA) is 42.3 Å². The van der Waals surface area contributed by atoms with Crippen LogP contribution in [0, 0.1) is 0 Å². The predicted octanol–water partition coefficient (Wildman–Crippen LogP) is 2.60. The second-order valence-electron chi connectivity index (χ2n) is 5.34. The van der Waals surface area contributed by atoms with Gasteiger partial charge >= 0.3 is 0 Å². The van der Waals surface area contributed by atoms with Crippen LogP contribution in [0.15, 0.2) is 34.6 Å². The maximum absolute atomic E-state index is 12.7. The smallest absolute Gasteiger partial charge is 0.254 e. The van der Waals surface area contributed by atoms with Gasteiger partial charge in [-0.25, -0.2) is 0 Å². The minimum absolute atomic E-state index is 0.0450. The number of carbonyl (C=O) groups is 1. The Labute approximate surface area is 127 Å². The minimum atomic E-state index is -0.151. The van der Waals surface area contributed by atoms with Gasteiger partial charge in [-0.15, -0.1) is 11.3 Å². The number of amides is 1. The summed E-state index contributed by atoms with van der Waals surface area (Å²) >= 11 is 1.77. The van der Waals surface area contributed by atoms with E-state index in [2.05, 4.69) is 18.4 Å². The van der Waals surface area contributed by atoms with Crippen LogP contribution in [0.1, 0.15) is 40.2 Å². The summed E-state index contributed by atoms with van der Waals surface area (Å²) in [4.78, 5) is 27.8. The van der Waals surface area contributed by atoms with Gasteiger partial charge in [0.2, 0.25) is 0 Å². The molecule has 0 saturated carbocycles. The van der Waals surface area contributed by atoms with E-state index in [-0.39, 0.29) is 17.5 Å². The van der Waals surface area contributed by atoms with Crippen LogP contribution in [0.3, 0.4) is 0 Å². The second kappa shape index (κ2) is 5.48. The van der Waals surface area contributed by atoms with Crippen molar-refractivity contribution < 1.29 is 4.79 Å². The molecule has 110 valence electrons. The molecule has 0 N–H and O–H groups in total. The van der Waals surface area contributed by atoms with E-state index in [1.165, 1.54) is 21.1 Å². The number of aryl methyl sites for hydroxylation is 1. The molecule has 0 aromatic carbocycles. The van der Waals surface area contributed by atoms with Crippen LogP contribution in [0.5, 0.6) is 0 Å². The van der Waals surface area contributed by atoms with E-state index in [9.17, 15) is 9.59 Å². The molecule has 0 bridgehead atoms. The second-order valence-corrected chi connectivity index (χ2v) is 6.34. The molecule has 0 fully saturated rings. The van der Waals surface area contributed by atoms with Crippen LogP contribution in [0.2, 0.25) is 0 Å². The SMILES string of the molecule is CC[C@H]1c2ccsc2CCN1C(=O)c1ccn(C)c(=O)c1. The monoisotopic (exact) mass is 302 g/mol. The molecule has 0 spiro atoms. The highest BCUT2D eigenvalue weighted by molar-refractivity contribution is 7.10. The van der Waals surface area contributed by atoms with Crippen molar-refractivity contribution in [3.8, 4) is 0 Å². The molecule has 1 atom stereocenters. The fourth-order valence-electron chi connectivity index (χ4n) is 2.93. The van der Waals surface area contributed by atoms with Crippen LogP contribution in [-0.4, -0.2) is 21.9 Å². The van der Waals surface area contributed by atoms with E-state index >= 15 is 0 Å². The standard InChI is InChI=1S/C16H18N2O2S/c1-3-13-12-6-9-21-14(12)5-8-18(13)16(20)11-4-7-17(2)15(19)10-11/h4,6-7,9-10,13H,3,5,8H2,1-2H3/t13-/m0/s1. The zero-order chi connectivity index (χ0) is 15.0. The highest BCUT2D eigenvalue weighted by Gasteiger charge is 2.30. The average molecular weight is 302 g/mol. The molecule has 3 heterocycles. The zero-order valence-electron chi connectivity index (χ0n) is 12.2. The summed E-state index contributed by atoms with van der Waals surface area (Å²) < 4.78 is 1.47. The van der Waals surface area contributed by atoms with Crippen molar-refractivity contribution in [2.24, 2.45) is 7.05 Å². The first-order valence-corrected chi connectivity index (χ1v) is 8.03. The van der Waals surface area contributed by atoms with Crippen LogP contribution >= 0.6 is 11.3 Å². The molecule has 1 aliphatic heterocycles. The molecular weight excluding hydrogens is 284 g/mol. The Bertz CT molecular complexity index is 732. The molecule has 2 aromatic heterocycles. The van der Waals surface area contributed by atoms with Gasteiger partial charge < -0.3 is 9.47 Å². The molecule has 5 heteroatoms. The first kappa shape index (κ1) is 14.1. The molecule has 3 rings (SSSR count). The van der Waals surface area contributed by atoms with E-state index < -0.39 is 0 Å². The van der Waals surface area contributed by atoms with Crippen molar-refractivity contribution in [2.45, 2.75) is 25.8 Å². The molecule has 21 heavy (non-hydrogen) atoms. The van der Waals surface area contributed by atoms with Crippen LogP contribution < -0.4 is 5.56 Å². The van der Waals surface area contributed by atoms with Crippen molar-refractivity contribution in [2.75, 3.05) is 6.54 Å². The number of pyridine rings is 1. The lowest BCUT2D eigenvalue weighted by atomic mass is 9.97. The van der Waals surface area contributed by atoms with Gasteiger partial charge in [-0.3, -0.25) is 9.59 Å². The first-order valence-electron chi connectivity index (χ1n) is 7.15. The van der Waals surface area contributed by atoms with E-state index in [1.807, 2.05) is 4.90 Å². The number of hydrogen-bond donors (Lipinski definition) is 0. The van der Waals surface area contributed by atoms with E-state index in [0.717, 1.165) is 19.4 Å². The van der Waals surface area contributed by atoms with Crippen molar-refractivity contribution >= 4 is 17.2 Å². The quantitative estimate of drug-likeness (QED) is 0.856. The zero-order valence-corrected chi connectivity index (χ0v) is 13.0. The van der Waals surface area contributed by atoms with Gasteiger partial charge in [-0.2, -0.15) is 0 Å². The lowest BCUT2D eigenvalue weighted by Crippen LogP contribution is -2.39. The van der Waals surface area contributed by atoms with Gasteiger partial charge in [0.25, 0.3) is 11.5 Å². The fourth-order valence-corrected chi connectivity index (χ4v) is 3.86. The summed E-state index contributed by atoms with van der Waals surface area (Å²) in [5.74, 6) is -0.0450. The van der Waals surface area contributed by atoms with Crippen LogP contribution in [0.4, 0.5) is 0 Å². The third-order valence-electron chi connectivity index (χ3n) is 4.09. The summed E-state index contributed by atoms with van der Waals surface area (Å²) in [6.45, 7) is 2.82. The van der Waals surface area contributed by atoms with Gasteiger partial charge in [-0.1, -0.05) is 6.92 Å². The van der Waals surface area contributed by atoms with Gasteiger partial charge in [0.05, 0.1) is 6.04 Å². The highest BCUT2D eigenvalue weighted by Crippen LogP contribution is 2.35. The summed E-state index contributed by atoms with van der Waals surface area (Å²) in [6, 6.07) is 5.40. The van der Waals surface area contributed by atoms with Crippen molar-refractivity contribution in [1.29, 1.82) is 0 Å². The maximum atomic E-state index is 12.7. The molecular formula is C16H18N2O2S. The number of carbonyl (C=O) groups excluding carboxylic acids is 1. The first-order chi connectivity index (χ1) is 10.1. The Morgan fingerprint density at radius 1 is 1.43 bits per heavy atom. The number of rotatable bonds is 2. The van der Waals surface area contributed by atoms with Gasteiger partial charge in [0.1, 0.15) is 0 Å². The fraction of sp³-hybridized carbons (Fsp3) is 0.375. The van der Waals surface area contributed by atoms with E-state index in [0.29, 0.717) is 5.56 Å². The molecule has 0 saturated heterocycles. The summed E-state index contributed by atoms with van der Waals surface area (Å²) in [5.41, 5.74) is 1.60. The number of aromatic nitrogens is 1. The highest BCUT2D eigenvalue weighted by atomic mass is 32.1. The number of hydrogen-bond acceptors (Lipinski definition) is 3. The largest absolute Gasteiger partial charge is 0.331 e. The third kappa shape index (κ3) is 2.42. The average Bonchev–Trinajstić information content (AvgIpc) is 2.96. The normalized spacial score (nSPS) is 17.6. The molecule has 1 aliphatic rings. The van der Waals surface area contributed by atoms with Crippen LogP contribution in [0.25, 0.3) is 0 Å². The van der Waals surface area contributed by atoms with E-state index in [1.54, 1.807) is 30.6 Å². The van der Waals surface area contributed by atoms with E-state index in [4.69, 9.17) is 0 Å². The Kier molecular flexibility index (Phi) is 3.68. The summed E-state index contributed by atoms with van der Waals surface area (Å²) in [6.07, 6.45) is 3.44. The van der Waals surface area contributed by atoms with Gasteiger partial charge in [0, 0.05) is 36.3 Å². The molecule has 1 amide bonds. The predicted molar refractivity (Wildman–Crippen MR) is 83.8 cm³/mol. The molecule has 0 aliphatic carbocycles. The van der Waals surface area contributed by atoms with Crippen molar-refractivity contribution in [1.82, 2.24) is 9.47 Å². The summed E-state index contributed by atoms with van der Waals surface area (Å²) in [7, 11) is 1.68. The lowest BCUT2D eigenvalue weighted by molar-refractivity contribution is 0.0657. The Hall–Kier alpha value is -1.88. The molecule has 4 nitrogen and oxygen atoms in total. The lowest BCUT2D eigenvalue weighted by Gasteiger charge is -2.35. The van der Waals surface area contributed by atoms with Crippen LogP contribution in [-0.2, 0) is 13.5 Å². The van der Waals surface area contributed by atoms with Crippen molar-refractivity contribution in [3.63, 3.8) is 0 Å². The number of nitrogens with zero attached hydrogens (tertiary/aromatic N) is 2. The maximum Gasteiger partial charge on any atom is 0.254 e. The van der Waals surface area contributed by atoms with Crippen molar-refractivity contribution in [3.05, 3.63) is 56.1 Å². The Morgan fingerprint density at radius 2 is 2.24 bits per heavy atom. The van der Waals surface area contributed by atoms with Gasteiger partial charge in [-0.05, 0) is 35.9 Å². The molecule has 0 unspecified atom stereocenters. The Balaban J connectivity index is 1.94. The Morgan fingerprint density at radius 3 is 2.95 bits per heavy atom. The molecule has 0 radical (unpaired) electrons. The van der Waals surface area contributed by atoms with Gasteiger partial charge in [0.15, 0.2) is 0 Å². The number of fused-ring (bicyclic) bond motifs is 1. The minimum Gasteiger partial charge on any atom is -0.331 e.